The lowest BCUT2D eigenvalue weighted by molar-refractivity contribution is 0.0696. The molecule has 3 heteroatoms. The third kappa shape index (κ3) is 2.20. The number of aryl methyl sites for hydroxylation is 1. The lowest BCUT2D eigenvalue weighted by Gasteiger charge is -2.05. The zero-order valence-corrected chi connectivity index (χ0v) is 12.6. The summed E-state index contributed by atoms with van der Waals surface area (Å²) in [5.41, 5.74) is 5.97. The highest BCUT2D eigenvalue weighted by Crippen LogP contribution is 2.36. The molecule has 0 heterocycles. The van der Waals surface area contributed by atoms with Crippen molar-refractivity contribution in [2.24, 2.45) is 0 Å². The first-order valence-corrected chi connectivity index (χ1v) is 7.86. The third-order valence-corrected chi connectivity index (χ3v) is 4.79. The number of aromatic carboxylic acids is 1. The average molecular weight is 304 g/mol. The molecule has 3 nitrogen and oxygen atoms in total. The van der Waals surface area contributed by atoms with Gasteiger partial charge < -0.3 is 5.11 Å². The number of benzene rings is 2. The zero-order chi connectivity index (χ0) is 16.0. The molecule has 2 aliphatic carbocycles. The van der Waals surface area contributed by atoms with E-state index in [9.17, 15) is 14.7 Å². The molecule has 0 radical (unpaired) electrons. The molecule has 2 aromatic carbocycles. The Kier molecular flexibility index (Phi) is 3.15. The fraction of sp³-hybridized carbons (Fsp3) is 0.200. The summed E-state index contributed by atoms with van der Waals surface area (Å²) < 4.78 is 0. The summed E-state index contributed by atoms with van der Waals surface area (Å²) in [5.74, 6) is -0.903. The van der Waals surface area contributed by atoms with Crippen LogP contribution in [0.3, 0.4) is 0 Å². The number of fused-ring (bicyclic) bond motifs is 3. The molecule has 0 aromatic heterocycles. The Morgan fingerprint density at radius 3 is 2.65 bits per heavy atom. The number of hydrogen-bond donors (Lipinski definition) is 1. The van der Waals surface area contributed by atoms with Crippen LogP contribution in [0.2, 0.25) is 0 Å². The van der Waals surface area contributed by atoms with E-state index in [0.717, 1.165) is 30.4 Å². The zero-order valence-electron chi connectivity index (χ0n) is 12.6. The van der Waals surface area contributed by atoms with Crippen molar-refractivity contribution in [3.8, 4) is 0 Å². The van der Waals surface area contributed by atoms with Crippen molar-refractivity contribution in [3.05, 3.63) is 75.4 Å². The molecule has 1 N–H and O–H groups in total. The molecule has 2 aliphatic rings. The Morgan fingerprint density at radius 2 is 1.83 bits per heavy atom. The van der Waals surface area contributed by atoms with E-state index in [2.05, 4.69) is 12.1 Å². The molecule has 23 heavy (non-hydrogen) atoms. The van der Waals surface area contributed by atoms with Crippen LogP contribution in [0.15, 0.2) is 42.0 Å². The van der Waals surface area contributed by atoms with Crippen molar-refractivity contribution in [3.63, 3.8) is 0 Å². The second kappa shape index (κ2) is 5.20. The number of ketones is 1. The maximum Gasteiger partial charge on any atom is 0.336 e. The normalized spacial score (nSPS) is 17.4. The van der Waals surface area contributed by atoms with Crippen molar-refractivity contribution in [1.82, 2.24) is 0 Å². The van der Waals surface area contributed by atoms with Crippen LogP contribution in [0.1, 0.15) is 49.4 Å². The summed E-state index contributed by atoms with van der Waals surface area (Å²) in [5, 5.41) is 9.29. The second-order valence-corrected chi connectivity index (χ2v) is 6.16. The number of allylic oxidation sites excluding steroid dienone is 1. The van der Waals surface area contributed by atoms with Gasteiger partial charge in [-0.15, -0.1) is 0 Å². The van der Waals surface area contributed by atoms with Crippen molar-refractivity contribution in [2.45, 2.75) is 25.7 Å². The van der Waals surface area contributed by atoms with Crippen LogP contribution in [0.25, 0.3) is 6.08 Å². The number of Topliss-reactive ketones (excluding diaryl/α,β-unsaturated/α-hetero) is 1. The topological polar surface area (TPSA) is 54.4 Å². The van der Waals surface area contributed by atoms with Gasteiger partial charge in [0.2, 0.25) is 0 Å². The van der Waals surface area contributed by atoms with E-state index < -0.39 is 5.97 Å². The lowest BCUT2D eigenvalue weighted by Crippen LogP contribution is -2.02. The molecule has 0 unspecified atom stereocenters. The summed E-state index contributed by atoms with van der Waals surface area (Å²) in [6, 6.07) is 11.0. The van der Waals surface area contributed by atoms with Gasteiger partial charge in [-0.3, -0.25) is 4.79 Å². The van der Waals surface area contributed by atoms with Gasteiger partial charge in [0.1, 0.15) is 0 Å². The molecule has 0 atom stereocenters. The first-order chi connectivity index (χ1) is 11.1. The van der Waals surface area contributed by atoms with Gasteiger partial charge in [-0.2, -0.15) is 0 Å². The summed E-state index contributed by atoms with van der Waals surface area (Å²) in [6.07, 6.45) is 5.47. The smallest absolute Gasteiger partial charge is 0.336 e. The molecule has 114 valence electrons. The third-order valence-electron chi connectivity index (χ3n) is 4.79. The maximum atomic E-state index is 12.8. The Morgan fingerprint density at radius 1 is 1.04 bits per heavy atom. The van der Waals surface area contributed by atoms with Crippen LogP contribution in [-0.2, 0) is 19.3 Å². The van der Waals surface area contributed by atoms with Gasteiger partial charge in [0.05, 0.1) is 5.56 Å². The second-order valence-electron chi connectivity index (χ2n) is 6.16. The van der Waals surface area contributed by atoms with E-state index in [-0.39, 0.29) is 11.3 Å². The first-order valence-electron chi connectivity index (χ1n) is 7.86. The predicted molar refractivity (Wildman–Crippen MR) is 87.9 cm³/mol. The van der Waals surface area contributed by atoms with Crippen molar-refractivity contribution in [1.29, 1.82) is 0 Å². The van der Waals surface area contributed by atoms with E-state index >= 15 is 0 Å². The molecule has 0 saturated heterocycles. The molecule has 0 saturated carbocycles. The molecule has 0 aliphatic heterocycles. The Balaban J connectivity index is 1.79. The molecule has 0 amide bonds. The first kappa shape index (κ1) is 13.9. The fourth-order valence-electron chi connectivity index (χ4n) is 3.71. The highest BCUT2D eigenvalue weighted by molar-refractivity contribution is 6.17. The summed E-state index contributed by atoms with van der Waals surface area (Å²) >= 11 is 0. The number of carboxylic acid groups (broad SMARTS) is 1. The highest BCUT2D eigenvalue weighted by atomic mass is 16.4. The number of carboxylic acids is 1. The quantitative estimate of drug-likeness (QED) is 0.861. The van der Waals surface area contributed by atoms with Crippen LogP contribution >= 0.6 is 0 Å². The number of carbonyl (C=O) groups excluding carboxylic acids is 1. The highest BCUT2D eigenvalue weighted by Gasteiger charge is 2.30. The largest absolute Gasteiger partial charge is 0.478 e. The summed E-state index contributed by atoms with van der Waals surface area (Å²) in [6.45, 7) is 0. The maximum absolute atomic E-state index is 12.8. The van der Waals surface area contributed by atoms with E-state index in [0.29, 0.717) is 17.6 Å². The van der Waals surface area contributed by atoms with Gasteiger partial charge in [0, 0.05) is 17.6 Å². The van der Waals surface area contributed by atoms with Gasteiger partial charge >= 0.3 is 5.97 Å². The van der Waals surface area contributed by atoms with Gasteiger partial charge in [0.15, 0.2) is 5.78 Å². The van der Waals surface area contributed by atoms with Crippen LogP contribution in [0, 0.1) is 0 Å². The Bertz CT molecular complexity index is 874. The van der Waals surface area contributed by atoms with Gasteiger partial charge in [-0.25, -0.2) is 4.79 Å². The fourth-order valence-corrected chi connectivity index (χ4v) is 3.71. The monoisotopic (exact) mass is 304 g/mol. The summed E-state index contributed by atoms with van der Waals surface area (Å²) in [4.78, 5) is 24.2. The van der Waals surface area contributed by atoms with Gasteiger partial charge in [-0.05, 0) is 53.7 Å². The van der Waals surface area contributed by atoms with Gasteiger partial charge in [0.25, 0.3) is 0 Å². The predicted octanol–water partition coefficient (Wildman–Crippen LogP) is 3.70. The molecule has 2 aromatic rings. The average Bonchev–Trinajstić information content (AvgIpc) is 3.12. The minimum absolute atomic E-state index is 0.0685. The summed E-state index contributed by atoms with van der Waals surface area (Å²) in [7, 11) is 0. The van der Waals surface area contributed by atoms with E-state index in [1.807, 2.05) is 0 Å². The lowest BCUT2D eigenvalue weighted by atomic mass is 9.99. The molecular weight excluding hydrogens is 288 g/mol. The van der Waals surface area contributed by atoms with Crippen LogP contribution in [0.4, 0.5) is 0 Å². The SMILES string of the molecule is O=C(O)c1ccccc1/C=C1/Cc2ccc3c(c2C1=O)CCC3. The van der Waals surface area contributed by atoms with E-state index in [4.69, 9.17) is 0 Å². The number of rotatable bonds is 2. The van der Waals surface area contributed by atoms with Crippen LogP contribution < -0.4 is 0 Å². The number of hydrogen-bond acceptors (Lipinski definition) is 2. The van der Waals surface area contributed by atoms with Crippen molar-refractivity contribution >= 4 is 17.8 Å². The van der Waals surface area contributed by atoms with Crippen LogP contribution in [-0.4, -0.2) is 16.9 Å². The number of carbonyl (C=O) groups is 2. The molecule has 4 rings (SSSR count). The van der Waals surface area contributed by atoms with E-state index in [1.165, 1.54) is 11.1 Å². The van der Waals surface area contributed by atoms with Crippen molar-refractivity contribution < 1.29 is 14.7 Å². The van der Waals surface area contributed by atoms with Crippen LogP contribution in [0.5, 0.6) is 0 Å². The molecule has 0 spiro atoms. The molecular formula is C20H16O3. The minimum atomic E-state index is -0.971. The Hall–Kier alpha value is -2.68. The molecule has 0 fully saturated rings. The van der Waals surface area contributed by atoms with Crippen molar-refractivity contribution in [2.75, 3.05) is 0 Å². The minimum Gasteiger partial charge on any atom is -0.478 e. The van der Waals surface area contributed by atoms with Gasteiger partial charge in [-0.1, -0.05) is 30.3 Å². The standard InChI is InChI=1S/C20H16O3/c21-19-15(10-13-4-1-2-6-17(13)20(22)23)11-14-9-8-12-5-3-7-16(12)18(14)19/h1-2,4,6,8-10H,3,5,7,11H2,(H,22,23)/b15-10-. The molecule has 0 bridgehead atoms. The Labute approximate surface area is 134 Å². The van der Waals surface area contributed by atoms with E-state index in [1.54, 1.807) is 30.3 Å².